The summed E-state index contributed by atoms with van der Waals surface area (Å²) in [6.45, 7) is 7.65. The first-order valence-corrected chi connectivity index (χ1v) is 17.9. The van der Waals surface area contributed by atoms with E-state index in [1.165, 1.54) is 49.4 Å². The number of rotatable bonds is 14. The minimum absolute atomic E-state index is 0.00674. The summed E-state index contributed by atoms with van der Waals surface area (Å²) in [4.78, 5) is 92.4. The van der Waals surface area contributed by atoms with Crippen LogP contribution in [0.5, 0.6) is 0 Å². The summed E-state index contributed by atoms with van der Waals surface area (Å²) in [6, 6.07) is 12.1. The average Bonchev–Trinajstić information content (AvgIpc) is 3.41. The molecule has 18 heteroatoms. The van der Waals surface area contributed by atoms with Crippen molar-refractivity contribution < 1.29 is 76.2 Å². The number of halogens is 1. The Kier molecular flexibility index (Phi) is 14.0. The van der Waals surface area contributed by atoms with E-state index in [2.05, 4.69) is 6.58 Å². The van der Waals surface area contributed by atoms with Crippen molar-refractivity contribution in [2.45, 2.75) is 89.0 Å². The Hall–Kier alpha value is -5.20. The Morgan fingerprint density at radius 2 is 1.36 bits per heavy atom. The van der Waals surface area contributed by atoms with Gasteiger partial charge < -0.3 is 42.6 Å². The van der Waals surface area contributed by atoms with Crippen molar-refractivity contribution in [3.05, 3.63) is 83.9 Å². The zero-order valence-electron chi connectivity index (χ0n) is 30.7. The predicted molar refractivity (Wildman–Crippen MR) is 189 cm³/mol. The van der Waals surface area contributed by atoms with E-state index in [1.807, 2.05) is 0 Å². The zero-order chi connectivity index (χ0) is 40.7. The maximum atomic E-state index is 14.1. The van der Waals surface area contributed by atoms with Crippen molar-refractivity contribution in [3.63, 3.8) is 0 Å². The number of ether oxygens (including phenoxy) is 9. The van der Waals surface area contributed by atoms with Crippen LogP contribution in [0.3, 0.4) is 0 Å². The van der Waals surface area contributed by atoms with E-state index in [0.717, 1.165) is 25.7 Å². The molecule has 0 bridgehead atoms. The second-order valence-electron chi connectivity index (χ2n) is 12.8. The first-order chi connectivity index (χ1) is 26.7. The van der Waals surface area contributed by atoms with Gasteiger partial charge in [0, 0.05) is 20.8 Å². The summed E-state index contributed by atoms with van der Waals surface area (Å²) in [5, 5.41) is 0. The summed E-state index contributed by atoms with van der Waals surface area (Å²) in [5.41, 5.74) is 0.139. The Balaban J connectivity index is 1.65. The molecule has 56 heavy (non-hydrogen) atoms. The molecule has 0 spiro atoms. The lowest BCUT2D eigenvalue weighted by atomic mass is 9.94. The minimum atomic E-state index is -1.88. The van der Waals surface area contributed by atoms with Crippen LogP contribution in [0.1, 0.15) is 58.8 Å². The van der Waals surface area contributed by atoms with Crippen molar-refractivity contribution in [1.82, 2.24) is 4.90 Å². The number of fused-ring (bicyclic) bond motifs is 1. The third kappa shape index (κ3) is 9.42. The Labute approximate surface area is 325 Å². The van der Waals surface area contributed by atoms with Crippen LogP contribution in [0.4, 0.5) is 0 Å². The third-order valence-corrected chi connectivity index (χ3v) is 9.04. The molecule has 2 saturated heterocycles. The first kappa shape index (κ1) is 42.0. The molecule has 3 aliphatic heterocycles. The van der Waals surface area contributed by atoms with E-state index in [1.54, 1.807) is 18.2 Å². The fourth-order valence-electron chi connectivity index (χ4n) is 6.56. The van der Waals surface area contributed by atoms with Crippen LogP contribution in [-0.2, 0) is 61.8 Å². The van der Waals surface area contributed by atoms with Crippen LogP contribution in [0.15, 0.2) is 67.3 Å². The van der Waals surface area contributed by atoms with Crippen molar-refractivity contribution in [1.29, 1.82) is 0 Å². The molecule has 0 unspecified atom stereocenters. The number of benzene rings is 2. The van der Waals surface area contributed by atoms with E-state index < -0.39 is 115 Å². The molecule has 2 aromatic carbocycles. The molecule has 2 aromatic rings. The fourth-order valence-corrected chi connectivity index (χ4v) is 6.63. The molecule has 17 nitrogen and oxygen atoms in total. The topological polar surface area (TPSA) is 206 Å². The average molecular weight is 802 g/mol. The molecule has 2 amide bonds. The number of carbonyl (C=O) groups is 7. The standard InChI is InChI=1S/C38H40ClNO16/c1-6-16-48-38-33(32(54-27(44)17-39)29(19(2)50-38)55-36(47)23-12-8-7-9-13-23)56-37-28(40-34(45)24-14-10-11-15-25(24)35(40)46)31(52-22(5)43)30(51-21(4)42)26(53-37)18-49-20(3)41/h6-15,19,26,28-33,37-38H,1,16-18H2,2-5H3/t19-,26+,28+,29-,30+,31+,32+,33+,37-,38+/m0/s1. The van der Waals surface area contributed by atoms with Gasteiger partial charge in [-0.15, -0.1) is 18.2 Å². The Morgan fingerprint density at radius 3 is 1.93 bits per heavy atom. The molecular weight excluding hydrogens is 762 g/mol. The van der Waals surface area contributed by atoms with Gasteiger partial charge in [0.15, 0.2) is 43.1 Å². The van der Waals surface area contributed by atoms with Crippen molar-refractivity contribution in [2.24, 2.45) is 0 Å². The summed E-state index contributed by atoms with van der Waals surface area (Å²) in [6.07, 6.45) is -12.4. The molecule has 0 saturated carbocycles. The van der Waals surface area contributed by atoms with Gasteiger partial charge in [-0.25, -0.2) is 4.79 Å². The van der Waals surface area contributed by atoms with Gasteiger partial charge in [0.1, 0.15) is 24.6 Å². The van der Waals surface area contributed by atoms with Crippen LogP contribution < -0.4 is 0 Å². The summed E-state index contributed by atoms with van der Waals surface area (Å²) in [7, 11) is 0. The van der Waals surface area contributed by atoms with E-state index in [4.69, 9.17) is 54.2 Å². The molecule has 0 aromatic heterocycles. The van der Waals surface area contributed by atoms with Gasteiger partial charge in [0.05, 0.1) is 29.4 Å². The number of hydrogen-bond acceptors (Lipinski definition) is 16. The van der Waals surface area contributed by atoms with E-state index in [-0.39, 0.29) is 23.3 Å². The van der Waals surface area contributed by atoms with Crippen LogP contribution in [0, 0.1) is 0 Å². The number of amides is 2. The Bertz CT molecular complexity index is 1790. The molecule has 2 fully saturated rings. The minimum Gasteiger partial charge on any atom is -0.463 e. The number of imide groups is 1. The van der Waals surface area contributed by atoms with Gasteiger partial charge in [0.2, 0.25) is 0 Å². The number of carbonyl (C=O) groups excluding carboxylic acids is 7. The Morgan fingerprint density at radius 1 is 0.750 bits per heavy atom. The summed E-state index contributed by atoms with van der Waals surface area (Å²) < 4.78 is 53.0. The molecule has 3 heterocycles. The highest BCUT2D eigenvalue weighted by atomic mass is 35.5. The highest BCUT2D eigenvalue weighted by Gasteiger charge is 2.60. The highest BCUT2D eigenvalue weighted by molar-refractivity contribution is 6.26. The number of alkyl halides is 1. The quantitative estimate of drug-likeness (QED) is 0.0885. The lowest BCUT2D eigenvalue weighted by Gasteiger charge is -2.50. The van der Waals surface area contributed by atoms with Crippen LogP contribution in [0.25, 0.3) is 0 Å². The van der Waals surface area contributed by atoms with E-state index >= 15 is 0 Å². The van der Waals surface area contributed by atoms with Gasteiger partial charge in [-0.3, -0.25) is 33.7 Å². The van der Waals surface area contributed by atoms with Crippen molar-refractivity contribution in [3.8, 4) is 0 Å². The molecule has 3 aliphatic rings. The SMILES string of the molecule is C=CCO[C@@H]1O[C@@H](C)[C@H](OC(=O)c2ccccc2)[C@@H](OC(=O)CCl)[C@H]1O[C@@H]1O[C@H](COC(C)=O)[C@@H](OC(C)=O)[C@H](OC(C)=O)[C@H]1N1C(=O)c2ccccc2C1=O. The normalized spacial score (nSPS) is 28.4. The van der Waals surface area contributed by atoms with Crippen molar-refractivity contribution >= 4 is 53.3 Å². The van der Waals surface area contributed by atoms with Gasteiger partial charge in [-0.2, -0.15) is 0 Å². The maximum absolute atomic E-state index is 14.1. The molecule has 300 valence electrons. The zero-order valence-corrected chi connectivity index (χ0v) is 31.5. The number of esters is 5. The lowest BCUT2D eigenvalue weighted by molar-refractivity contribution is -0.354. The lowest BCUT2D eigenvalue weighted by Crippen LogP contribution is -2.69. The second kappa shape index (κ2) is 18.6. The van der Waals surface area contributed by atoms with Gasteiger partial charge in [-0.1, -0.05) is 36.4 Å². The van der Waals surface area contributed by atoms with Gasteiger partial charge in [0.25, 0.3) is 11.8 Å². The van der Waals surface area contributed by atoms with Crippen LogP contribution >= 0.6 is 11.6 Å². The maximum Gasteiger partial charge on any atom is 0.338 e. The van der Waals surface area contributed by atoms with Crippen molar-refractivity contribution in [2.75, 3.05) is 19.1 Å². The molecule has 10 atom stereocenters. The van der Waals surface area contributed by atoms with E-state index in [0.29, 0.717) is 0 Å². The number of nitrogens with zero attached hydrogens (tertiary/aromatic N) is 1. The molecular formula is C38H40ClNO16. The third-order valence-electron chi connectivity index (χ3n) is 8.82. The van der Waals surface area contributed by atoms with Crippen LogP contribution in [0.2, 0.25) is 0 Å². The first-order valence-electron chi connectivity index (χ1n) is 17.4. The smallest absolute Gasteiger partial charge is 0.338 e. The largest absolute Gasteiger partial charge is 0.463 e. The second-order valence-corrected chi connectivity index (χ2v) is 13.0. The highest BCUT2D eigenvalue weighted by Crippen LogP contribution is 2.38. The summed E-state index contributed by atoms with van der Waals surface area (Å²) >= 11 is 5.87. The summed E-state index contributed by atoms with van der Waals surface area (Å²) in [5.74, 6) is -6.70. The number of hydrogen-bond donors (Lipinski definition) is 0. The molecule has 5 rings (SSSR count). The fraction of sp³-hybridized carbons (Fsp3) is 0.447. The van der Waals surface area contributed by atoms with Gasteiger partial charge >= 0.3 is 29.8 Å². The monoisotopic (exact) mass is 801 g/mol. The van der Waals surface area contributed by atoms with Crippen LogP contribution in [-0.4, -0.2) is 127 Å². The molecule has 0 radical (unpaired) electrons. The molecule has 0 aliphatic carbocycles. The van der Waals surface area contributed by atoms with Gasteiger partial charge in [-0.05, 0) is 31.2 Å². The predicted octanol–water partition coefficient (Wildman–Crippen LogP) is 2.51. The molecule has 0 N–H and O–H groups in total. The van der Waals surface area contributed by atoms with E-state index in [9.17, 15) is 33.6 Å².